The van der Waals surface area contributed by atoms with Crippen LogP contribution in [0.3, 0.4) is 0 Å². The van der Waals surface area contributed by atoms with Crippen molar-refractivity contribution in [2.24, 2.45) is 5.92 Å². The van der Waals surface area contributed by atoms with Crippen molar-refractivity contribution in [3.05, 3.63) is 22.4 Å². The van der Waals surface area contributed by atoms with Gasteiger partial charge < -0.3 is 5.32 Å². The van der Waals surface area contributed by atoms with Gasteiger partial charge in [0.2, 0.25) is 0 Å². The molecular formula is C13H19NS. The first-order chi connectivity index (χ1) is 7.39. The highest BCUT2D eigenvalue weighted by molar-refractivity contribution is 7.07. The molecule has 15 heavy (non-hydrogen) atoms. The molecule has 1 aromatic rings. The van der Waals surface area contributed by atoms with E-state index in [2.05, 4.69) is 22.1 Å². The lowest BCUT2D eigenvalue weighted by molar-refractivity contribution is 0.302. The summed E-state index contributed by atoms with van der Waals surface area (Å²) in [6, 6.07) is 2.28. The summed E-state index contributed by atoms with van der Waals surface area (Å²) in [5.74, 6) is 0.999. The van der Waals surface area contributed by atoms with E-state index in [4.69, 9.17) is 0 Å². The molecule has 3 rings (SSSR count). The number of aryl methyl sites for hydroxylation is 1. The summed E-state index contributed by atoms with van der Waals surface area (Å²) in [4.78, 5) is 0. The van der Waals surface area contributed by atoms with E-state index in [9.17, 15) is 0 Å². The van der Waals surface area contributed by atoms with E-state index in [-0.39, 0.29) is 0 Å². The number of rotatable bonds is 4. The summed E-state index contributed by atoms with van der Waals surface area (Å²) < 4.78 is 0. The topological polar surface area (TPSA) is 12.0 Å². The van der Waals surface area contributed by atoms with Crippen LogP contribution < -0.4 is 5.32 Å². The van der Waals surface area contributed by atoms with Crippen LogP contribution >= 0.6 is 11.3 Å². The van der Waals surface area contributed by atoms with Crippen molar-refractivity contribution < 1.29 is 0 Å². The Morgan fingerprint density at radius 1 is 1.47 bits per heavy atom. The minimum absolute atomic E-state index is 0.530. The van der Waals surface area contributed by atoms with E-state index in [1.165, 1.54) is 50.6 Å². The number of hydrogen-bond donors (Lipinski definition) is 1. The van der Waals surface area contributed by atoms with Crippen LogP contribution in [0.2, 0.25) is 0 Å². The van der Waals surface area contributed by atoms with E-state index < -0.39 is 0 Å². The van der Waals surface area contributed by atoms with Crippen molar-refractivity contribution in [3.63, 3.8) is 0 Å². The van der Waals surface area contributed by atoms with Crippen LogP contribution in [0.4, 0.5) is 0 Å². The molecule has 1 aromatic heterocycles. The molecule has 1 unspecified atom stereocenters. The fourth-order valence-electron chi connectivity index (χ4n) is 3.03. The van der Waals surface area contributed by atoms with Gasteiger partial charge in [-0.25, -0.2) is 0 Å². The monoisotopic (exact) mass is 221 g/mol. The molecule has 0 aromatic carbocycles. The summed E-state index contributed by atoms with van der Waals surface area (Å²) in [6.45, 7) is 1.25. The van der Waals surface area contributed by atoms with Gasteiger partial charge in [-0.1, -0.05) is 0 Å². The quantitative estimate of drug-likeness (QED) is 0.823. The second-order valence-electron chi connectivity index (χ2n) is 5.09. The Morgan fingerprint density at radius 3 is 3.00 bits per heavy atom. The van der Waals surface area contributed by atoms with Crippen LogP contribution in [-0.2, 0) is 6.42 Å². The van der Waals surface area contributed by atoms with Crippen LogP contribution in [0.25, 0.3) is 0 Å². The van der Waals surface area contributed by atoms with E-state index >= 15 is 0 Å². The number of hydrogen-bond acceptors (Lipinski definition) is 2. The van der Waals surface area contributed by atoms with Crippen molar-refractivity contribution >= 4 is 11.3 Å². The van der Waals surface area contributed by atoms with Gasteiger partial charge in [0.1, 0.15) is 0 Å². The van der Waals surface area contributed by atoms with E-state index in [1.54, 1.807) is 0 Å². The van der Waals surface area contributed by atoms with Crippen molar-refractivity contribution in [2.75, 3.05) is 6.54 Å². The molecule has 2 fully saturated rings. The van der Waals surface area contributed by atoms with Gasteiger partial charge in [-0.15, -0.1) is 0 Å². The highest BCUT2D eigenvalue weighted by atomic mass is 32.1. The molecule has 1 nitrogen and oxygen atoms in total. The zero-order valence-corrected chi connectivity index (χ0v) is 9.98. The summed E-state index contributed by atoms with van der Waals surface area (Å²) in [5, 5.41) is 8.29. The summed E-state index contributed by atoms with van der Waals surface area (Å²) in [5.41, 5.74) is 2.07. The highest BCUT2D eigenvalue weighted by Crippen LogP contribution is 2.46. The Balaban J connectivity index is 1.64. The fourth-order valence-corrected chi connectivity index (χ4v) is 3.74. The lowest BCUT2D eigenvalue weighted by atomic mass is 9.85. The summed E-state index contributed by atoms with van der Waals surface area (Å²) in [6.07, 6.45) is 8.37. The number of nitrogens with one attached hydrogen (secondary N) is 1. The predicted molar refractivity (Wildman–Crippen MR) is 65.3 cm³/mol. The van der Waals surface area contributed by atoms with Crippen molar-refractivity contribution in [3.8, 4) is 0 Å². The molecule has 1 saturated heterocycles. The standard InChI is InChI=1S/C13H19NS/c1-6-13(14-8-1,12-2-3-12)7-4-11-5-9-15-10-11/h5,9-10,12,14H,1-4,6-8H2. The molecule has 2 aliphatic rings. The molecule has 0 amide bonds. The van der Waals surface area contributed by atoms with Gasteiger partial charge in [-0.3, -0.25) is 0 Å². The minimum Gasteiger partial charge on any atom is -0.311 e. The molecule has 0 radical (unpaired) electrons. The second kappa shape index (κ2) is 3.91. The lowest BCUT2D eigenvalue weighted by Gasteiger charge is -2.29. The number of thiophene rings is 1. The average molecular weight is 221 g/mol. The predicted octanol–water partition coefficient (Wildman–Crippen LogP) is 3.21. The van der Waals surface area contributed by atoms with Crippen LogP contribution in [0.5, 0.6) is 0 Å². The maximum Gasteiger partial charge on any atom is 0.0213 e. The van der Waals surface area contributed by atoms with Crippen LogP contribution in [-0.4, -0.2) is 12.1 Å². The third kappa shape index (κ3) is 1.98. The first-order valence-corrected chi connectivity index (χ1v) is 7.09. The summed E-state index contributed by atoms with van der Waals surface area (Å²) in [7, 11) is 0. The molecule has 0 spiro atoms. The van der Waals surface area contributed by atoms with Crippen molar-refractivity contribution in [1.29, 1.82) is 0 Å². The van der Waals surface area contributed by atoms with E-state index in [0.29, 0.717) is 5.54 Å². The highest BCUT2D eigenvalue weighted by Gasteiger charge is 2.45. The van der Waals surface area contributed by atoms with Crippen LogP contribution in [0, 0.1) is 5.92 Å². The molecule has 1 N–H and O–H groups in total. The molecular weight excluding hydrogens is 202 g/mol. The molecule has 2 heterocycles. The van der Waals surface area contributed by atoms with E-state index in [1.807, 2.05) is 11.3 Å². The molecule has 1 aliphatic heterocycles. The molecule has 82 valence electrons. The molecule has 1 aliphatic carbocycles. The smallest absolute Gasteiger partial charge is 0.0213 e. The largest absolute Gasteiger partial charge is 0.311 e. The van der Waals surface area contributed by atoms with Gasteiger partial charge in [-0.05, 0) is 73.4 Å². The average Bonchev–Trinajstić information content (AvgIpc) is 2.83. The Kier molecular flexibility index (Phi) is 2.57. The Labute approximate surface area is 95.9 Å². The summed E-state index contributed by atoms with van der Waals surface area (Å²) >= 11 is 1.82. The maximum atomic E-state index is 3.80. The van der Waals surface area contributed by atoms with Gasteiger partial charge in [0.05, 0.1) is 0 Å². The van der Waals surface area contributed by atoms with Gasteiger partial charge in [0.15, 0.2) is 0 Å². The van der Waals surface area contributed by atoms with Crippen molar-refractivity contribution in [2.45, 2.75) is 44.1 Å². The van der Waals surface area contributed by atoms with Gasteiger partial charge >= 0.3 is 0 Å². The third-order valence-corrected chi connectivity index (χ3v) is 4.81. The Hall–Kier alpha value is -0.340. The van der Waals surface area contributed by atoms with Gasteiger partial charge in [0, 0.05) is 5.54 Å². The first kappa shape index (κ1) is 9.86. The zero-order chi connectivity index (χ0) is 10.1. The maximum absolute atomic E-state index is 3.80. The lowest BCUT2D eigenvalue weighted by Crippen LogP contribution is -2.42. The van der Waals surface area contributed by atoms with Crippen molar-refractivity contribution in [1.82, 2.24) is 5.32 Å². The fraction of sp³-hybridized carbons (Fsp3) is 0.692. The van der Waals surface area contributed by atoms with E-state index in [0.717, 1.165) is 5.92 Å². The Bertz CT molecular complexity index is 307. The molecule has 0 bridgehead atoms. The SMILES string of the molecule is c1cc(CCC2(C3CC3)CCCN2)cs1. The van der Waals surface area contributed by atoms with Gasteiger partial charge in [-0.2, -0.15) is 11.3 Å². The molecule has 1 atom stereocenters. The zero-order valence-electron chi connectivity index (χ0n) is 9.17. The van der Waals surface area contributed by atoms with Crippen LogP contribution in [0.1, 0.15) is 37.7 Å². The van der Waals surface area contributed by atoms with Gasteiger partial charge in [0.25, 0.3) is 0 Å². The minimum atomic E-state index is 0.530. The Morgan fingerprint density at radius 2 is 2.40 bits per heavy atom. The molecule has 1 saturated carbocycles. The third-order valence-electron chi connectivity index (χ3n) is 4.08. The first-order valence-electron chi connectivity index (χ1n) is 6.15. The van der Waals surface area contributed by atoms with Crippen LogP contribution in [0.15, 0.2) is 16.8 Å². The second-order valence-corrected chi connectivity index (χ2v) is 5.87. The normalized spacial score (nSPS) is 30.9. The molecule has 2 heteroatoms.